The summed E-state index contributed by atoms with van der Waals surface area (Å²) in [6, 6.07) is 50.5. The van der Waals surface area contributed by atoms with Gasteiger partial charge in [0.05, 0.1) is 5.54 Å². The number of nitrogens with zero attached hydrogens (tertiary/aromatic N) is 2. The van der Waals surface area contributed by atoms with E-state index >= 15 is 0 Å². The van der Waals surface area contributed by atoms with E-state index in [9.17, 15) is 0 Å². The third-order valence-electron chi connectivity index (χ3n) is 9.36. The molecule has 1 atom stereocenters. The van der Waals surface area contributed by atoms with E-state index in [1.165, 1.54) is 22.5 Å². The normalized spacial score (nSPS) is 12.9. The fourth-order valence-electron chi connectivity index (χ4n) is 6.03. The van der Waals surface area contributed by atoms with Gasteiger partial charge in [-0.2, -0.15) is 0 Å². The molecule has 0 amide bonds. The summed E-state index contributed by atoms with van der Waals surface area (Å²) in [5.41, 5.74) is 8.49. The largest absolute Gasteiger partial charge is 0.331 e. The molecule has 0 radical (unpaired) electrons. The highest BCUT2D eigenvalue weighted by Gasteiger charge is 2.34. The summed E-state index contributed by atoms with van der Waals surface area (Å²) in [5.74, 6) is 0. The predicted molar refractivity (Wildman–Crippen MR) is 182 cm³/mol. The van der Waals surface area contributed by atoms with Crippen molar-refractivity contribution >= 4 is 28.4 Å². The second-order valence-electron chi connectivity index (χ2n) is 11.7. The predicted octanol–water partition coefficient (Wildman–Crippen LogP) is 11.7. The highest BCUT2D eigenvalue weighted by atomic mass is 15.2. The summed E-state index contributed by atoms with van der Waals surface area (Å²) in [4.78, 5) is 4.83. The zero-order valence-electron chi connectivity index (χ0n) is 25.8. The Balaban J connectivity index is 1.58. The maximum atomic E-state index is 2.51. The van der Waals surface area contributed by atoms with Crippen LogP contribution < -0.4 is 9.80 Å². The number of para-hydroxylation sites is 3. The van der Waals surface area contributed by atoms with Crippen molar-refractivity contribution in [3.8, 4) is 0 Å². The van der Waals surface area contributed by atoms with Crippen LogP contribution in [0.5, 0.6) is 0 Å². The molecule has 5 rings (SSSR count). The number of rotatable bonds is 11. The van der Waals surface area contributed by atoms with Gasteiger partial charge in [-0.3, -0.25) is 0 Å². The van der Waals surface area contributed by atoms with Gasteiger partial charge in [-0.05, 0) is 103 Å². The molecule has 0 saturated carbocycles. The Hall–Kier alpha value is -4.30. The minimum atomic E-state index is -0.241. The molecule has 0 heterocycles. The maximum Gasteiger partial charge on any atom is 0.0671 e. The van der Waals surface area contributed by atoms with Gasteiger partial charge in [-0.1, -0.05) is 107 Å². The van der Waals surface area contributed by atoms with E-state index in [1.54, 1.807) is 0 Å². The number of hydrogen-bond acceptors (Lipinski definition) is 2. The molecule has 42 heavy (non-hydrogen) atoms. The topological polar surface area (TPSA) is 6.48 Å². The van der Waals surface area contributed by atoms with Gasteiger partial charge in [0.1, 0.15) is 0 Å². The quantitative estimate of drug-likeness (QED) is 0.161. The van der Waals surface area contributed by atoms with E-state index < -0.39 is 0 Å². The van der Waals surface area contributed by atoms with Gasteiger partial charge in [0.25, 0.3) is 0 Å². The molecule has 0 saturated heterocycles. The highest BCUT2D eigenvalue weighted by molar-refractivity contribution is 5.78. The van der Waals surface area contributed by atoms with Gasteiger partial charge in [0.2, 0.25) is 0 Å². The van der Waals surface area contributed by atoms with Gasteiger partial charge < -0.3 is 9.80 Å². The van der Waals surface area contributed by atoms with E-state index in [0.29, 0.717) is 0 Å². The first-order chi connectivity index (χ1) is 20.4. The first-order valence-corrected chi connectivity index (χ1v) is 15.4. The Kier molecular flexibility index (Phi) is 8.83. The third-order valence-corrected chi connectivity index (χ3v) is 9.36. The molecule has 0 aliphatic rings. The van der Waals surface area contributed by atoms with Gasteiger partial charge in [0, 0.05) is 28.4 Å². The molecule has 0 bridgehead atoms. The lowest BCUT2D eigenvalue weighted by molar-refractivity contribution is 0.436. The second kappa shape index (κ2) is 12.7. The molecular weight excluding hydrogens is 508 g/mol. The van der Waals surface area contributed by atoms with Crippen LogP contribution in [-0.2, 0) is 11.0 Å². The van der Waals surface area contributed by atoms with Crippen LogP contribution in [0.2, 0.25) is 0 Å². The second-order valence-corrected chi connectivity index (χ2v) is 11.7. The van der Waals surface area contributed by atoms with Crippen LogP contribution in [0.1, 0.15) is 65.0 Å². The standard InChI is InChI=1S/C40H44N2/c1-6-39(4,7-2)32-24-26-33(27-25-32)40(5,8-3)42(37-22-16-11-17-23-37)38-30-28-36(29-31-38)41(34-18-12-9-13-19-34)35-20-14-10-15-21-35/h9-31H,6-8H2,1-5H3. The average Bonchev–Trinajstić information content (AvgIpc) is 3.07. The van der Waals surface area contributed by atoms with Gasteiger partial charge in [-0.15, -0.1) is 0 Å². The summed E-state index contributed by atoms with van der Waals surface area (Å²) < 4.78 is 0. The molecule has 0 fully saturated rings. The maximum absolute atomic E-state index is 2.51. The molecule has 5 aromatic carbocycles. The van der Waals surface area contributed by atoms with Crippen molar-refractivity contribution in [3.63, 3.8) is 0 Å². The molecule has 0 N–H and O–H groups in total. The summed E-state index contributed by atoms with van der Waals surface area (Å²) >= 11 is 0. The monoisotopic (exact) mass is 552 g/mol. The smallest absolute Gasteiger partial charge is 0.0671 e. The van der Waals surface area contributed by atoms with Crippen LogP contribution >= 0.6 is 0 Å². The number of benzene rings is 5. The highest BCUT2D eigenvalue weighted by Crippen LogP contribution is 2.44. The third kappa shape index (κ3) is 5.72. The van der Waals surface area contributed by atoms with Gasteiger partial charge >= 0.3 is 0 Å². The molecule has 0 aliphatic carbocycles. The van der Waals surface area contributed by atoms with Crippen LogP contribution in [-0.4, -0.2) is 0 Å². The average molecular weight is 553 g/mol. The van der Waals surface area contributed by atoms with Crippen molar-refractivity contribution in [1.82, 2.24) is 0 Å². The molecule has 214 valence electrons. The summed E-state index contributed by atoms with van der Waals surface area (Å²) in [6.45, 7) is 11.7. The minimum absolute atomic E-state index is 0.208. The first-order valence-electron chi connectivity index (χ1n) is 15.4. The lowest BCUT2D eigenvalue weighted by Crippen LogP contribution is -2.40. The van der Waals surface area contributed by atoms with Crippen molar-refractivity contribution in [2.24, 2.45) is 0 Å². The lowest BCUT2D eigenvalue weighted by Gasteiger charge is -2.43. The number of hydrogen-bond donors (Lipinski definition) is 0. The van der Waals surface area contributed by atoms with Crippen LogP contribution in [0.3, 0.4) is 0 Å². The zero-order chi connectivity index (χ0) is 29.6. The van der Waals surface area contributed by atoms with Crippen LogP contribution in [0, 0.1) is 0 Å². The Morgan fingerprint density at radius 1 is 0.405 bits per heavy atom. The van der Waals surface area contributed by atoms with Crippen LogP contribution in [0.15, 0.2) is 140 Å². The summed E-state index contributed by atoms with van der Waals surface area (Å²) in [6.07, 6.45) is 3.24. The van der Waals surface area contributed by atoms with Gasteiger partial charge in [0.15, 0.2) is 0 Å². The van der Waals surface area contributed by atoms with E-state index in [4.69, 9.17) is 0 Å². The molecule has 0 spiro atoms. The Bertz CT molecular complexity index is 1480. The van der Waals surface area contributed by atoms with Crippen molar-refractivity contribution in [1.29, 1.82) is 0 Å². The van der Waals surface area contributed by atoms with Crippen molar-refractivity contribution < 1.29 is 0 Å². The van der Waals surface area contributed by atoms with Crippen molar-refractivity contribution in [2.75, 3.05) is 9.80 Å². The Labute approximate surface area is 253 Å². The Morgan fingerprint density at radius 3 is 1.19 bits per heavy atom. The Morgan fingerprint density at radius 2 is 0.762 bits per heavy atom. The SMILES string of the molecule is CCC(C)(CC)c1ccc(C(C)(CC)N(c2ccccc2)c2ccc(N(c3ccccc3)c3ccccc3)cc2)cc1. The van der Waals surface area contributed by atoms with Crippen LogP contribution in [0.25, 0.3) is 0 Å². The first kappa shape index (κ1) is 29.2. The van der Waals surface area contributed by atoms with Crippen LogP contribution in [0.4, 0.5) is 28.4 Å². The molecule has 1 unspecified atom stereocenters. The fourth-order valence-corrected chi connectivity index (χ4v) is 6.03. The lowest BCUT2D eigenvalue weighted by atomic mass is 9.76. The zero-order valence-corrected chi connectivity index (χ0v) is 25.8. The molecule has 0 aromatic heterocycles. The van der Waals surface area contributed by atoms with E-state index in [0.717, 1.165) is 36.3 Å². The van der Waals surface area contributed by atoms with E-state index in [-0.39, 0.29) is 11.0 Å². The molecule has 5 aromatic rings. The molecular formula is C40H44N2. The van der Waals surface area contributed by atoms with E-state index in [1.807, 2.05) is 0 Å². The van der Waals surface area contributed by atoms with Gasteiger partial charge in [-0.25, -0.2) is 0 Å². The molecule has 2 nitrogen and oxygen atoms in total. The summed E-state index contributed by atoms with van der Waals surface area (Å²) in [7, 11) is 0. The number of anilines is 5. The molecule has 0 aliphatic heterocycles. The van der Waals surface area contributed by atoms with E-state index in [2.05, 4.69) is 184 Å². The summed E-state index contributed by atoms with van der Waals surface area (Å²) in [5, 5.41) is 0. The molecule has 2 heteroatoms. The van der Waals surface area contributed by atoms with Crippen molar-refractivity contribution in [2.45, 2.75) is 64.8 Å². The minimum Gasteiger partial charge on any atom is -0.331 e. The van der Waals surface area contributed by atoms with Crippen molar-refractivity contribution in [3.05, 3.63) is 151 Å². The fraction of sp³-hybridized carbons (Fsp3) is 0.250.